The summed E-state index contributed by atoms with van der Waals surface area (Å²) in [5.74, 6) is 5.62. The third kappa shape index (κ3) is 2.64. The minimum atomic E-state index is -0.428. The normalized spacial score (nSPS) is 10.2. The van der Waals surface area contributed by atoms with Gasteiger partial charge in [0.1, 0.15) is 5.65 Å². The maximum absolute atomic E-state index is 11.7. The van der Waals surface area contributed by atoms with E-state index in [1.807, 2.05) is 24.4 Å². The highest BCUT2D eigenvalue weighted by atomic mass is 32.1. The van der Waals surface area contributed by atoms with E-state index >= 15 is 0 Å². The van der Waals surface area contributed by atoms with Gasteiger partial charge >= 0.3 is 5.97 Å². The summed E-state index contributed by atoms with van der Waals surface area (Å²) in [6.07, 6.45) is 3.25. The molecule has 104 valence electrons. The number of imidazole rings is 1. The molecule has 0 spiro atoms. The molecule has 3 aromatic rings. The standard InChI is InChI=1S/C15H11N3O2S/c1-10-9-21-14(17-10)6-4-11-3-5-13-16-7-12(15(19)20-2)18(13)8-11/h3,5,7-9H,1-2H3. The highest BCUT2D eigenvalue weighted by Crippen LogP contribution is 2.11. The second-order valence-corrected chi connectivity index (χ2v) is 5.18. The first kappa shape index (κ1) is 13.3. The van der Waals surface area contributed by atoms with Crippen molar-refractivity contribution in [3.63, 3.8) is 0 Å². The molecule has 0 aliphatic rings. The number of aryl methyl sites for hydroxylation is 1. The van der Waals surface area contributed by atoms with Crippen molar-refractivity contribution in [3.05, 3.63) is 51.9 Å². The molecule has 0 radical (unpaired) electrons. The molecule has 0 atom stereocenters. The minimum absolute atomic E-state index is 0.376. The number of esters is 1. The van der Waals surface area contributed by atoms with Gasteiger partial charge in [-0.05, 0) is 25.0 Å². The third-order valence-corrected chi connectivity index (χ3v) is 3.71. The summed E-state index contributed by atoms with van der Waals surface area (Å²) in [6, 6.07) is 3.67. The number of hydrogen-bond acceptors (Lipinski definition) is 5. The van der Waals surface area contributed by atoms with E-state index in [1.54, 1.807) is 10.6 Å². The van der Waals surface area contributed by atoms with E-state index in [9.17, 15) is 4.79 Å². The Kier molecular flexibility index (Phi) is 3.42. The first-order chi connectivity index (χ1) is 10.2. The lowest BCUT2D eigenvalue weighted by atomic mass is 10.3. The van der Waals surface area contributed by atoms with Crippen molar-refractivity contribution in [2.24, 2.45) is 0 Å². The molecule has 3 heterocycles. The van der Waals surface area contributed by atoms with E-state index in [1.165, 1.54) is 24.6 Å². The molecule has 3 aromatic heterocycles. The van der Waals surface area contributed by atoms with Crippen LogP contribution in [0, 0.1) is 18.8 Å². The smallest absolute Gasteiger partial charge is 0.356 e. The van der Waals surface area contributed by atoms with Crippen LogP contribution >= 0.6 is 11.3 Å². The summed E-state index contributed by atoms with van der Waals surface area (Å²) < 4.78 is 6.40. The van der Waals surface area contributed by atoms with Gasteiger partial charge in [0.2, 0.25) is 0 Å². The lowest BCUT2D eigenvalue weighted by Crippen LogP contribution is -2.05. The van der Waals surface area contributed by atoms with E-state index < -0.39 is 5.97 Å². The van der Waals surface area contributed by atoms with Crippen molar-refractivity contribution < 1.29 is 9.53 Å². The average Bonchev–Trinajstić information content (AvgIpc) is 3.10. The molecule has 0 saturated carbocycles. The number of carbonyl (C=O) groups is 1. The predicted octanol–water partition coefficient (Wildman–Crippen LogP) is 2.29. The lowest BCUT2D eigenvalue weighted by molar-refractivity contribution is 0.0593. The van der Waals surface area contributed by atoms with Crippen LogP contribution in [-0.4, -0.2) is 27.4 Å². The van der Waals surface area contributed by atoms with Crippen LogP contribution in [0.15, 0.2) is 29.9 Å². The monoisotopic (exact) mass is 297 g/mol. The van der Waals surface area contributed by atoms with E-state index in [-0.39, 0.29) is 0 Å². The average molecular weight is 297 g/mol. The number of thiazole rings is 1. The highest BCUT2D eigenvalue weighted by Gasteiger charge is 2.11. The number of pyridine rings is 1. The van der Waals surface area contributed by atoms with E-state index in [0.29, 0.717) is 11.3 Å². The molecule has 0 aliphatic carbocycles. The van der Waals surface area contributed by atoms with Gasteiger partial charge in [0.25, 0.3) is 0 Å². The number of carbonyl (C=O) groups excluding carboxylic acids is 1. The van der Waals surface area contributed by atoms with Gasteiger partial charge in [0.15, 0.2) is 10.7 Å². The van der Waals surface area contributed by atoms with Crippen molar-refractivity contribution in [1.29, 1.82) is 0 Å². The van der Waals surface area contributed by atoms with Crippen LogP contribution < -0.4 is 0 Å². The van der Waals surface area contributed by atoms with Crippen molar-refractivity contribution >= 4 is 23.0 Å². The summed E-state index contributed by atoms with van der Waals surface area (Å²) in [7, 11) is 1.34. The van der Waals surface area contributed by atoms with Gasteiger partial charge in [0, 0.05) is 22.8 Å². The molecular weight excluding hydrogens is 286 g/mol. The molecule has 0 fully saturated rings. The molecule has 0 amide bonds. The first-order valence-electron chi connectivity index (χ1n) is 6.17. The lowest BCUT2D eigenvalue weighted by Gasteiger charge is -2.00. The zero-order valence-corrected chi connectivity index (χ0v) is 12.3. The molecule has 0 saturated heterocycles. The van der Waals surface area contributed by atoms with Gasteiger partial charge < -0.3 is 4.74 Å². The van der Waals surface area contributed by atoms with Crippen molar-refractivity contribution in [2.75, 3.05) is 7.11 Å². The van der Waals surface area contributed by atoms with Crippen molar-refractivity contribution in [2.45, 2.75) is 6.92 Å². The topological polar surface area (TPSA) is 56.5 Å². The van der Waals surface area contributed by atoms with Gasteiger partial charge in [0.05, 0.1) is 13.3 Å². The second-order valence-electron chi connectivity index (χ2n) is 4.33. The molecule has 0 aromatic carbocycles. The molecular formula is C15H11N3O2S. The Morgan fingerprint density at radius 1 is 1.38 bits per heavy atom. The van der Waals surface area contributed by atoms with Gasteiger partial charge in [-0.2, -0.15) is 0 Å². The third-order valence-electron chi connectivity index (χ3n) is 2.83. The number of fused-ring (bicyclic) bond motifs is 1. The summed E-state index contributed by atoms with van der Waals surface area (Å²) in [6.45, 7) is 1.93. The van der Waals surface area contributed by atoms with Crippen LogP contribution in [0.4, 0.5) is 0 Å². The molecule has 0 N–H and O–H groups in total. The summed E-state index contributed by atoms with van der Waals surface area (Å²) in [5, 5.41) is 2.73. The Morgan fingerprint density at radius 3 is 2.95 bits per heavy atom. The minimum Gasteiger partial charge on any atom is -0.464 e. The molecule has 0 bridgehead atoms. The quantitative estimate of drug-likeness (QED) is 0.511. The van der Waals surface area contributed by atoms with Gasteiger partial charge in [-0.3, -0.25) is 4.40 Å². The van der Waals surface area contributed by atoms with E-state index in [2.05, 4.69) is 21.8 Å². The molecule has 21 heavy (non-hydrogen) atoms. The number of hydrogen-bond donors (Lipinski definition) is 0. The number of ether oxygens (including phenoxy) is 1. The first-order valence-corrected chi connectivity index (χ1v) is 7.05. The molecule has 0 aliphatic heterocycles. The van der Waals surface area contributed by atoms with Crippen LogP contribution in [0.1, 0.15) is 26.8 Å². The zero-order chi connectivity index (χ0) is 14.8. The maximum Gasteiger partial charge on any atom is 0.356 e. The van der Waals surface area contributed by atoms with Crippen LogP contribution in [0.25, 0.3) is 5.65 Å². The molecule has 3 rings (SSSR count). The fourth-order valence-electron chi connectivity index (χ4n) is 1.85. The van der Waals surface area contributed by atoms with Gasteiger partial charge in [-0.1, -0.05) is 5.92 Å². The Labute approximate surface area is 125 Å². The largest absolute Gasteiger partial charge is 0.464 e. The Hall–Kier alpha value is -2.65. The van der Waals surface area contributed by atoms with E-state index in [4.69, 9.17) is 4.74 Å². The van der Waals surface area contributed by atoms with Gasteiger partial charge in [-0.15, -0.1) is 11.3 Å². The number of aromatic nitrogens is 3. The summed E-state index contributed by atoms with van der Waals surface area (Å²) in [4.78, 5) is 20.1. The number of methoxy groups -OCH3 is 1. The van der Waals surface area contributed by atoms with Crippen LogP contribution in [0.5, 0.6) is 0 Å². The van der Waals surface area contributed by atoms with Crippen molar-refractivity contribution in [3.8, 4) is 11.8 Å². The summed E-state index contributed by atoms with van der Waals surface area (Å²) >= 11 is 1.51. The Balaban J connectivity index is 2.01. The number of rotatable bonds is 1. The zero-order valence-electron chi connectivity index (χ0n) is 11.5. The number of nitrogens with zero attached hydrogens (tertiary/aromatic N) is 3. The predicted molar refractivity (Wildman–Crippen MR) is 79.4 cm³/mol. The molecule has 6 heteroatoms. The SMILES string of the molecule is COC(=O)c1cnc2ccc(C#Cc3nc(C)cs3)cn12. The fourth-order valence-corrected chi connectivity index (χ4v) is 2.49. The second kappa shape index (κ2) is 5.38. The van der Waals surface area contributed by atoms with Crippen molar-refractivity contribution in [1.82, 2.24) is 14.4 Å². The van der Waals surface area contributed by atoms with Crippen LogP contribution in [-0.2, 0) is 4.74 Å². The maximum atomic E-state index is 11.7. The molecule has 5 nitrogen and oxygen atoms in total. The Morgan fingerprint density at radius 2 is 2.24 bits per heavy atom. The van der Waals surface area contributed by atoms with Crippen LogP contribution in [0.2, 0.25) is 0 Å². The highest BCUT2D eigenvalue weighted by molar-refractivity contribution is 7.10. The van der Waals surface area contributed by atoms with Crippen LogP contribution in [0.3, 0.4) is 0 Å². The fraction of sp³-hybridized carbons (Fsp3) is 0.133. The molecule has 0 unspecified atom stereocenters. The Bertz CT molecular complexity index is 883. The van der Waals surface area contributed by atoms with Gasteiger partial charge in [-0.25, -0.2) is 14.8 Å². The summed E-state index contributed by atoms with van der Waals surface area (Å²) in [5.41, 5.74) is 2.79. The van der Waals surface area contributed by atoms with E-state index in [0.717, 1.165) is 16.3 Å².